The summed E-state index contributed by atoms with van der Waals surface area (Å²) in [7, 11) is 0. The first kappa shape index (κ1) is 12.1. The Kier molecular flexibility index (Phi) is 3.50. The summed E-state index contributed by atoms with van der Waals surface area (Å²) in [5.74, 6) is -1.13. The van der Waals surface area contributed by atoms with Crippen LogP contribution in [0, 0.1) is 0 Å². The van der Waals surface area contributed by atoms with Gasteiger partial charge in [-0.2, -0.15) is 0 Å². The first-order valence-electron chi connectivity index (χ1n) is 5.14. The van der Waals surface area contributed by atoms with Crippen molar-refractivity contribution in [2.45, 2.75) is 12.8 Å². The number of carboxylic acids is 1. The second kappa shape index (κ2) is 4.90. The highest BCUT2D eigenvalue weighted by molar-refractivity contribution is 7.12. The maximum absolute atomic E-state index is 11.0. The van der Waals surface area contributed by atoms with Gasteiger partial charge in [-0.25, -0.2) is 0 Å². The monoisotopic (exact) mass is 265 g/mol. The zero-order chi connectivity index (χ0) is 12.4. The van der Waals surface area contributed by atoms with E-state index < -0.39 is 5.97 Å². The highest BCUT2D eigenvalue weighted by Gasteiger charge is 2.14. The Morgan fingerprint density at radius 2 is 2.18 bits per heavy atom. The Balaban J connectivity index is 2.40. The standard InChI is InChI=1S/C13H11ClO2S/c1-8(9-3-2-4-10(14)7-9)11-5-6-17-12(11)13(15)16/h2-8H,1H3,(H,15,16)/p-1. The van der Waals surface area contributed by atoms with Crippen LogP contribution >= 0.6 is 22.9 Å². The molecule has 2 aromatic rings. The molecular formula is C13H10ClO2S-. The maximum atomic E-state index is 11.0. The number of hydrogen-bond acceptors (Lipinski definition) is 3. The Hall–Kier alpha value is -1.32. The number of carboxylic acid groups (broad SMARTS) is 1. The van der Waals surface area contributed by atoms with Gasteiger partial charge in [0.05, 0.1) is 10.8 Å². The van der Waals surface area contributed by atoms with E-state index in [4.69, 9.17) is 11.6 Å². The molecule has 4 heteroatoms. The van der Waals surface area contributed by atoms with Gasteiger partial charge in [-0.15, -0.1) is 11.3 Å². The molecule has 0 bridgehead atoms. The van der Waals surface area contributed by atoms with Crippen LogP contribution in [0.25, 0.3) is 0 Å². The Bertz CT molecular complexity index is 548. The van der Waals surface area contributed by atoms with Crippen molar-refractivity contribution in [1.29, 1.82) is 0 Å². The number of halogens is 1. The lowest BCUT2D eigenvalue weighted by Crippen LogP contribution is -2.22. The van der Waals surface area contributed by atoms with Crippen molar-refractivity contribution in [3.63, 3.8) is 0 Å². The average molecular weight is 266 g/mol. The number of carbonyl (C=O) groups is 1. The van der Waals surface area contributed by atoms with E-state index in [1.54, 1.807) is 11.4 Å². The molecule has 88 valence electrons. The van der Waals surface area contributed by atoms with Gasteiger partial charge in [0.1, 0.15) is 0 Å². The number of benzene rings is 1. The lowest BCUT2D eigenvalue weighted by Gasteiger charge is -2.14. The van der Waals surface area contributed by atoms with Gasteiger partial charge in [0, 0.05) is 10.9 Å². The van der Waals surface area contributed by atoms with E-state index in [2.05, 4.69) is 0 Å². The average Bonchev–Trinajstić information content (AvgIpc) is 2.77. The number of rotatable bonds is 3. The van der Waals surface area contributed by atoms with Gasteiger partial charge in [-0.1, -0.05) is 30.7 Å². The van der Waals surface area contributed by atoms with E-state index >= 15 is 0 Å². The number of hydrogen-bond donors (Lipinski definition) is 0. The van der Waals surface area contributed by atoms with Gasteiger partial charge < -0.3 is 9.90 Å². The summed E-state index contributed by atoms with van der Waals surface area (Å²) < 4.78 is 0. The molecule has 1 heterocycles. The van der Waals surface area contributed by atoms with Crippen LogP contribution in [-0.2, 0) is 0 Å². The first-order valence-corrected chi connectivity index (χ1v) is 6.39. The zero-order valence-electron chi connectivity index (χ0n) is 9.14. The zero-order valence-corrected chi connectivity index (χ0v) is 10.7. The van der Waals surface area contributed by atoms with Gasteiger partial charge >= 0.3 is 0 Å². The van der Waals surface area contributed by atoms with E-state index in [0.29, 0.717) is 5.02 Å². The minimum Gasteiger partial charge on any atom is -0.544 e. The highest BCUT2D eigenvalue weighted by Crippen LogP contribution is 2.30. The van der Waals surface area contributed by atoms with Crippen LogP contribution in [0.5, 0.6) is 0 Å². The summed E-state index contributed by atoms with van der Waals surface area (Å²) in [6, 6.07) is 9.27. The molecule has 0 aliphatic heterocycles. The van der Waals surface area contributed by atoms with Crippen molar-refractivity contribution in [3.05, 3.63) is 56.7 Å². The minimum atomic E-state index is -1.12. The summed E-state index contributed by atoms with van der Waals surface area (Å²) in [4.78, 5) is 11.2. The van der Waals surface area contributed by atoms with Gasteiger partial charge in [-0.05, 0) is 34.7 Å². The molecule has 0 spiro atoms. The predicted octanol–water partition coefficient (Wildman–Crippen LogP) is 2.92. The van der Waals surface area contributed by atoms with Crippen LogP contribution in [0.1, 0.15) is 33.6 Å². The SMILES string of the molecule is CC(c1cccc(Cl)c1)c1ccsc1C(=O)[O-]. The largest absolute Gasteiger partial charge is 0.544 e. The third kappa shape index (κ3) is 2.51. The first-order chi connectivity index (χ1) is 8.09. The molecule has 0 fully saturated rings. The fourth-order valence-corrected chi connectivity index (χ4v) is 2.81. The number of carbonyl (C=O) groups excluding carboxylic acids is 1. The Labute approximate surface area is 108 Å². The summed E-state index contributed by atoms with van der Waals surface area (Å²) in [6.07, 6.45) is 0. The quantitative estimate of drug-likeness (QED) is 0.856. The molecule has 1 atom stereocenters. The predicted molar refractivity (Wildman–Crippen MR) is 67.6 cm³/mol. The molecule has 0 saturated carbocycles. The third-order valence-electron chi connectivity index (χ3n) is 2.70. The third-order valence-corrected chi connectivity index (χ3v) is 3.84. The number of thiophene rings is 1. The lowest BCUT2D eigenvalue weighted by atomic mass is 9.93. The topological polar surface area (TPSA) is 40.1 Å². The second-order valence-electron chi connectivity index (χ2n) is 3.77. The van der Waals surface area contributed by atoms with E-state index in [-0.39, 0.29) is 10.8 Å². The van der Waals surface area contributed by atoms with E-state index in [1.807, 2.05) is 31.2 Å². The molecule has 2 nitrogen and oxygen atoms in total. The van der Waals surface area contributed by atoms with Crippen LogP contribution < -0.4 is 5.11 Å². The Morgan fingerprint density at radius 1 is 1.41 bits per heavy atom. The van der Waals surface area contributed by atoms with Crippen molar-refractivity contribution >= 4 is 28.9 Å². The summed E-state index contributed by atoms with van der Waals surface area (Å²) in [5.41, 5.74) is 1.77. The summed E-state index contributed by atoms with van der Waals surface area (Å²) in [5, 5.41) is 13.4. The van der Waals surface area contributed by atoms with Crippen LogP contribution in [0.3, 0.4) is 0 Å². The van der Waals surface area contributed by atoms with Crippen molar-refractivity contribution in [3.8, 4) is 0 Å². The molecule has 0 saturated heterocycles. The van der Waals surface area contributed by atoms with Gasteiger partial charge in [0.2, 0.25) is 0 Å². The van der Waals surface area contributed by atoms with Crippen LogP contribution in [0.15, 0.2) is 35.7 Å². The fraction of sp³-hybridized carbons (Fsp3) is 0.154. The van der Waals surface area contributed by atoms with Gasteiger partial charge in [-0.3, -0.25) is 0 Å². The highest BCUT2D eigenvalue weighted by atomic mass is 35.5. The minimum absolute atomic E-state index is 0.00662. The van der Waals surface area contributed by atoms with E-state index in [0.717, 1.165) is 11.1 Å². The molecule has 0 amide bonds. The second-order valence-corrected chi connectivity index (χ2v) is 5.12. The van der Waals surface area contributed by atoms with E-state index in [9.17, 15) is 9.90 Å². The molecular weight excluding hydrogens is 256 g/mol. The van der Waals surface area contributed by atoms with Crippen molar-refractivity contribution in [2.75, 3.05) is 0 Å². The smallest absolute Gasteiger partial charge is 0.0818 e. The van der Waals surface area contributed by atoms with Gasteiger partial charge in [0.15, 0.2) is 0 Å². The maximum Gasteiger partial charge on any atom is 0.0818 e. The molecule has 0 radical (unpaired) electrons. The van der Waals surface area contributed by atoms with Crippen molar-refractivity contribution in [2.24, 2.45) is 0 Å². The molecule has 1 aromatic heterocycles. The van der Waals surface area contributed by atoms with Crippen LogP contribution in [0.2, 0.25) is 5.02 Å². The normalized spacial score (nSPS) is 12.4. The Morgan fingerprint density at radius 3 is 2.82 bits per heavy atom. The molecule has 2 rings (SSSR count). The molecule has 0 N–H and O–H groups in total. The van der Waals surface area contributed by atoms with Crippen molar-refractivity contribution in [1.82, 2.24) is 0 Å². The molecule has 0 aliphatic carbocycles. The molecule has 1 aromatic carbocycles. The van der Waals surface area contributed by atoms with Crippen molar-refractivity contribution < 1.29 is 9.90 Å². The summed E-state index contributed by atoms with van der Waals surface area (Å²) in [6.45, 7) is 1.96. The fourth-order valence-electron chi connectivity index (χ4n) is 1.78. The number of aromatic carboxylic acids is 1. The molecule has 0 aliphatic rings. The van der Waals surface area contributed by atoms with Gasteiger partial charge in [0.25, 0.3) is 0 Å². The molecule has 17 heavy (non-hydrogen) atoms. The van der Waals surface area contributed by atoms with Crippen LogP contribution in [-0.4, -0.2) is 5.97 Å². The molecule has 1 unspecified atom stereocenters. The van der Waals surface area contributed by atoms with E-state index in [1.165, 1.54) is 11.3 Å². The lowest BCUT2D eigenvalue weighted by molar-refractivity contribution is -0.254. The van der Waals surface area contributed by atoms with Crippen LogP contribution in [0.4, 0.5) is 0 Å². The summed E-state index contributed by atoms with van der Waals surface area (Å²) >= 11 is 7.12.